The van der Waals surface area contributed by atoms with Gasteiger partial charge >= 0.3 is 0 Å². The molecule has 4 rings (SSSR count). The van der Waals surface area contributed by atoms with E-state index in [0.717, 1.165) is 29.5 Å². The summed E-state index contributed by atoms with van der Waals surface area (Å²) in [5, 5.41) is 1.16. The molecule has 0 saturated heterocycles. The van der Waals surface area contributed by atoms with Crippen molar-refractivity contribution in [3.63, 3.8) is 0 Å². The lowest BCUT2D eigenvalue weighted by Crippen LogP contribution is -3.16. The SMILES string of the molecule is COc1ccc(C(=O)N2C[NH+](C3CCCC3)Cc3c2sc(C)c3C)cc1. The number of nitrogens with zero attached hydrogens (tertiary/aromatic N) is 1. The van der Waals surface area contributed by atoms with Gasteiger partial charge in [-0.2, -0.15) is 0 Å². The van der Waals surface area contributed by atoms with Crippen molar-refractivity contribution in [2.24, 2.45) is 0 Å². The van der Waals surface area contributed by atoms with E-state index >= 15 is 0 Å². The van der Waals surface area contributed by atoms with Crippen LogP contribution in [0, 0.1) is 13.8 Å². The first kappa shape index (κ1) is 17.6. The number of benzene rings is 1. The summed E-state index contributed by atoms with van der Waals surface area (Å²) in [5.74, 6) is 0.882. The Morgan fingerprint density at radius 1 is 1.19 bits per heavy atom. The molecule has 2 heterocycles. The number of nitrogens with one attached hydrogen (secondary N) is 1. The number of quaternary nitrogens is 1. The van der Waals surface area contributed by atoms with Crippen LogP contribution in [0.5, 0.6) is 5.75 Å². The molecule has 1 atom stereocenters. The molecule has 2 aliphatic rings. The van der Waals surface area contributed by atoms with E-state index in [1.54, 1.807) is 23.3 Å². The summed E-state index contributed by atoms with van der Waals surface area (Å²) in [6.45, 7) is 6.21. The molecular formula is C21H27N2O2S+. The predicted molar refractivity (Wildman–Crippen MR) is 105 cm³/mol. The highest BCUT2D eigenvalue weighted by molar-refractivity contribution is 7.16. The first-order chi connectivity index (χ1) is 12.6. The minimum atomic E-state index is 0.102. The molecule has 1 unspecified atom stereocenters. The third kappa shape index (κ3) is 3.03. The Kier molecular flexibility index (Phi) is 4.76. The molecule has 1 N–H and O–H groups in total. The zero-order valence-corrected chi connectivity index (χ0v) is 16.6. The van der Waals surface area contributed by atoms with Crippen LogP contribution in [-0.4, -0.2) is 25.7 Å². The van der Waals surface area contributed by atoms with Gasteiger partial charge in [0.2, 0.25) is 0 Å². The number of fused-ring (bicyclic) bond motifs is 1. The van der Waals surface area contributed by atoms with Gasteiger partial charge < -0.3 is 9.64 Å². The molecular weight excluding hydrogens is 344 g/mol. The van der Waals surface area contributed by atoms with Gasteiger partial charge in [0.05, 0.1) is 13.2 Å². The molecule has 4 nitrogen and oxygen atoms in total. The van der Waals surface area contributed by atoms with E-state index in [2.05, 4.69) is 13.8 Å². The summed E-state index contributed by atoms with van der Waals surface area (Å²) in [6.07, 6.45) is 5.24. The van der Waals surface area contributed by atoms with Gasteiger partial charge in [0.1, 0.15) is 17.3 Å². The van der Waals surface area contributed by atoms with Gasteiger partial charge in [0.15, 0.2) is 6.67 Å². The highest BCUT2D eigenvalue weighted by Gasteiger charge is 2.37. The molecule has 2 aromatic rings. The van der Waals surface area contributed by atoms with E-state index in [1.807, 2.05) is 29.2 Å². The molecule has 1 aliphatic carbocycles. The molecule has 138 valence electrons. The molecule has 1 aliphatic heterocycles. The summed E-state index contributed by atoms with van der Waals surface area (Å²) in [4.78, 5) is 18.2. The van der Waals surface area contributed by atoms with E-state index in [0.29, 0.717) is 6.04 Å². The molecule has 0 bridgehead atoms. The summed E-state index contributed by atoms with van der Waals surface area (Å²) in [6, 6.07) is 8.17. The fraction of sp³-hybridized carbons (Fsp3) is 0.476. The molecule has 1 aromatic heterocycles. The fourth-order valence-electron chi connectivity index (χ4n) is 4.30. The van der Waals surface area contributed by atoms with Crippen LogP contribution in [0.2, 0.25) is 0 Å². The number of rotatable bonds is 3. The number of amides is 1. The molecule has 1 aromatic carbocycles. The smallest absolute Gasteiger partial charge is 0.263 e. The van der Waals surface area contributed by atoms with E-state index in [1.165, 1.54) is 41.7 Å². The molecule has 26 heavy (non-hydrogen) atoms. The maximum atomic E-state index is 13.3. The Morgan fingerprint density at radius 3 is 2.54 bits per heavy atom. The number of carbonyl (C=O) groups is 1. The molecule has 5 heteroatoms. The maximum absolute atomic E-state index is 13.3. The van der Waals surface area contributed by atoms with E-state index < -0.39 is 0 Å². The molecule has 0 radical (unpaired) electrons. The predicted octanol–water partition coefficient (Wildman–Crippen LogP) is 3.32. The summed E-state index contributed by atoms with van der Waals surface area (Å²) in [7, 11) is 1.65. The zero-order valence-electron chi connectivity index (χ0n) is 15.8. The highest BCUT2D eigenvalue weighted by Crippen LogP contribution is 2.37. The van der Waals surface area contributed by atoms with Gasteiger partial charge in [-0.05, 0) is 69.4 Å². The number of ether oxygens (including phenoxy) is 1. The first-order valence-electron chi connectivity index (χ1n) is 9.48. The topological polar surface area (TPSA) is 34.0 Å². The first-order valence-corrected chi connectivity index (χ1v) is 10.3. The number of hydrogen-bond acceptors (Lipinski definition) is 3. The van der Waals surface area contributed by atoms with Crippen LogP contribution in [-0.2, 0) is 6.54 Å². The maximum Gasteiger partial charge on any atom is 0.263 e. The number of carbonyl (C=O) groups excluding carboxylic acids is 1. The van der Waals surface area contributed by atoms with Crippen molar-refractivity contribution in [3.05, 3.63) is 45.8 Å². The number of hydrogen-bond donors (Lipinski definition) is 1. The Morgan fingerprint density at radius 2 is 1.88 bits per heavy atom. The van der Waals surface area contributed by atoms with Gasteiger partial charge in [0, 0.05) is 16.0 Å². The van der Waals surface area contributed by atoms with Gasteiger partial charge in [-0.1, -0.05) is 0 Å². The van der Waals surface area contributed by atoms with Crippen LogP contribution in [0.3, 0.4) is 0 Å². The molecule has 0 spiro atoms. The average Bonchev–Trinajstić information content (AvgIpc) is 3.30. The average molecular weight is 372 g/mol. The van der Waals surface area contributed by atoms with Crippen LogP contribution in [0.4, 0.5) is 5.00 Å². The van der Waals surface area contributed by atoms with E-state index in [-0.39, 0.29) is 5.91 Å². The number of aryl methyl sites for hydroxylation is 1. The second-order valence-corrected chi connectivity index (χ2v) is 8.71. The lowest BCUT2D eigenvalue weighted by molar-refractivity contribution is -0.938. The number of thiophene rings is 1. The number of anilines is 1. The van der Waals surface area contributed by atoms with Crippen LogP contribution < -0.4 is 14.5 Å². The quantitative estimate of drug-likeness (QED) is 0.898. The van der Waals surface area contributed by atoms with Crippen molar-refractivity contribution in [2.45, 2.75) is 52.1 Å². The van der Waals surface area contributed by atoms with Crippen LogP contribution >= 0.6 is 11.3 Å². The fourth-order valence-corrected chi connectivity index (χ4v) is 5.47. The van der Waals surface area contributed by atoms with Crippen molar-refractivity contribution in [1.29, 1.82) is 0 Å². The molecule has 1 amide bonds. The van der Waals surface area contributed by atoms with Crippen LogP contribution in [0.25, 0.3) is 0 Å². The lowest BCUT2D eigenvalue weighted by Gasteiger charge is -2.36. The summed E-state index contributed by atoms with van der Waals surface area (Å²) < 4.78 is 5.23. The third-order valence-electron chi connectivity index (χ3n) is 6.01. The van der Waals surface area contributed by atoms with Crippen LogP contribution in [0.1, 0.15) is 52.0 Å². The monoisotopic (exact) mass is 371 g/mol. The second kappa shape index (κ2) is 7.05. The van der Waals surface area contributed by atoms with E-state index in [9.17, 15) is 4.79 Å². The Hall–Kier alpha value is -1.85. The minimum absolute atomic E-state index is 0.102. The minimum Gasteiger partial charge on any atom is -0.497 e. The largest absolute Gasteiger partial charge is 0.497 e. The number of methoxy groups -OCH3 is 1. The zero-order chi connectivity index (χ0) is 18.3. The summed E-state index contributed by atoms with van der Waals surface area (Å²) in [5.41, 5.74) is 3.48. The van der Waals surface area contributed by atoms with Gasteiger partial charge in [-0.25, -0.2) is 0 Å². The summed E-state index contributed by atoms with van der Waals surface area (Å²) >= 11 is 1.77. The Labute approximate surface area is 159 Å². The van der Waals surface area contributed by atoms with Crippen molar-refractivity contribution >= 4 is 22.2 Å². The standard InChI is InChI=1S/C21H26N2O2S/c1-14-15(2)26-21-19(14)12-22(17-6-4-5-7-17)13-23(21)20(24)16-8-10-18(25-3)11-9-16/h8-11,17H,4-7,12-13H2,1-3H3/p+1. The molecule has 1 saturated carbocycles. The highest BCUT2D eigenvalue weighted by atomic mass is 32.1. The van der Waals surface area contributed by atoms with E-state index in [4.69, 9.17) is 4.74 Å². The lowest BCUT2D eigenvalue weighted by atomic mass is 10.1. The van der Waals surface area contributed by atoms with Crippen molar-refractivity contribution in [1.82, 2.24) is 0 Å². The van der Waals surface area contributed by atoms with Gasteiger partial charge in [0.25, 0.3) is 5.91 Å². The van der Waals surface area contributed by atoms with Crippen LogP contribution in [0.15, 0.2) is 24.3 Å². The van der Waals surface area contributed by atoms with Gasteiger partial charge in [-0.15, -0.1) is 11.3 Å². The Balaban J connectivity index is 1.68. The van der Waals surface area contributed by atoms with Gasteiger partial charge in [-0.3, -0.25) is 9.69 Å². The van der Waals surface area contributed by atoms with Crippen molar-refractivity contribution in [2.75, 3.05) is 18.7 Å². The second-order valence-electron chi connectivity index (χ2n) is 7.50. The van der Waals surface area contributed by atoms with Crippen molar-refractivity contribution < 1.29 is 14.4 Å². The third-order valence-corrected chi connectivity index (χ3v) is 7.29. The molecule has 1 fully saturated rings. The normalized spacial score (nSPS) is 20.3. The van der Waals surface area contributed by atoms with Crippen molar-refractivity contribution in [3.8, 4) is 5.75 Å². The Bertz CT molecular complexity index is 806.